The average Bonchev–Trinajstić information content (AvgIpc) is 3.10. The van der Waals surface area contributed by atoms with E-state index in [-0.39, 0.29) is 12.0 Å². The fourth-order valence-electron chi connectivity index (χ4n) is 3.44. The molecule has 2 heterocycles. The second-order valence-corrected chi connectivity index (χ2v) is 7.68. The number of likely N-dealkylation sites (N-methyl/N-ethyl adjacent to an activating group) is 1. The lowest BCUT2D eigenvalue weighted by Gasteiger charge is -2.29. The highest BCUT2D eigenvalue weighted by molar-refractivity contribution is 5.78. The fourth-order valence-corrected chi connectivity index (χ4v) is 3.44. The van der Waals surface area contributed by atoms with Crippen molar-refractivity contribution < 1.29 is 23.5 Å². The Kier molecular flexibility index (Phi) is 6.11. The van der Waals surface area contributed by atoms with Gasteiger partial charge in [-0.2, -0.15) is 0 Å². The van der Waals surface area contributed by atoms with Crippen molar-refractivity contribution in [3.8, 4) is 17.2 Å². The third-order valence-electron chi connectivity index (χ3n) is 5.31. The van der Waals surface area contributed by atoms with Crippen LogP contribution < -0.4 is 14.2 Å². The molecule has 0 fully saturated rings. The molecule has 0 aliphatic carbocycles. The normalized spacial score (nSPS) is 14.9. The van der Waals surface area contributed by atoms with E-state index in [1.165, 1.54) is 0 Å². The van der Waals surface area contributed by atoms with Crippen LogP contribution in [0.25, 0.3) is 0 Å². The molecule has 7 nitrogen and oxygen atoms in total. The predicted molar refractivity (Wildman–Crippen MR) is 114 cm³/mol. The highest BCUT2D eigenvalue weighted by atomic mass is 16.6. The van der Waals surface area contributed by atoms with Crippen molar-refractivity contribution in [1.29, 1.82) is 0 Å². The molecule has 1 aliphatic heterocycles. The number of carbonyl (C=O) groups excluding carboxylic acids is 1. The Labute approximate surface area is 181 Å². The maximum atomic E-state index is 12.7. The minimum atomic E-state index is -0.191. The van der Waals surface area contributed by atoms with E-state index in [0.29, 0.717) is 31.9 Å². The SMILES string of the molecule is Cc1noc(C)c1COc1ccc(CC(=O)N(C)C[C@H]2COc3ccccc3O2)cc1. The summed E-state index contributed by atoms with van der Waals surface area (Å²) in [5.41, 5.74) is 2.71. The number of nitrogens with zero attached hydrogens (tertiary/aromatic N) is 2. The van der Waals surface area contributed by atoms with Crippen LogP contribution >= 0.6 is 0 Å². The van der Waals surface area contributed by atoms with Crippen LogP contribution in [0.15, 0.2) is 53.1 Å². The van der Waals surface area contributed by atoms with Crippen LogP contribution in [-0.2, 0) is 17.8 Å². The van der Waals surface area contributed by atoms with E-state index in [4.69, 9.17) is 18.7 Å². The summed E-state index contributed by atoms with van der Waals surface area (Å²) in [4.78, 5) is 14.3. The summed E-state index contributed by atoms with van der Waals surface area (Å²) in [7, 11) is 1.79. The van der Waals surface area contributed by atoms with Gasteiger partial charge in [-0.1, -0.05) is 29.4 Å². The number of rotatable bonds is 7. The molecule has 162 valence electrons. The molecule has 7 heteroatoms. The molecule has 1 aromatic heterocycles. The molecule has 0 radical (unpaired) electrons. The lowest BCUT2D eigenvalue weighted by molar-refractivity contribution is -0.130. The quantitative estimate of drug-likeness (QED) is 0.578. The first-order chi connectivity index (χ1) is 15.0. The number of ether oxygens (including phenoxy) is 3. The van der Waals surface area contributed by atoms with Crippen molar-refractivity contribution in [3.05, 3.63) is 71.1 Å². The van der Waals surface area contributed by atoms with Crippen LogP contribution in [0.3, 0.4) is 0 Å². The van der Waals surface area contributed by atoms with Gasteiger partial charge in [0.25, 0.3) is 0 Å². The lowest BCUT2D eigenvalue weighted by atomic mass is 10.1. The molecule has 1 atom stereocenters. The summed E-state index contributed by atoms with van der Waals surface area (Å²) < 4.78 is 22.6. The number of aryl methyl sites for hydroxylation is 2. The average molecular weight is 422 g/mol. The summed E-state index contributed by atoms with van der Waals surface area (Å²) in [6.45, 7) is 5.04. The Morgan fingerprint density at radius 1 is 1.13 bits per heavy atom. The molecule has 3 aromatic rings. The van der Waals surface area contributed by atoms with Gasteiger partial charge in [-0.3, -0.25) is 4.79 Å². The van der Waals surface area contributed by atoms with Crippen molar-refractivity contribution in [1.82, 2.24) is 10.1 Å². The third kappa shape index (κ3) is 4.99. The Balaban J connectivity index is 1.27. The van der Waals surface area contributed by atoms with Gasteiger partial charge in [0.2, 0.25) is 5.91 Å². The first-order valence-corrected chi connectivity index (χ1v) is 10.3. The van der Waals surface area contributed by atoms with Crippen LogP contribution in [0.1, 0.15) is 22.6 Å². The van der Waals surface area contributed by atoms with Gasteiger partial charge >= 0.3 is 0 Å². The largest absolute Gasteiger partial charge is 0.489 e. The first kappa shape index (κ1) is 20.8. The summed E-state index contributed by atoms with van der Waals surface area (Å²) in [5, 5.41) is 3.93. The zero-order chi connectivity index (χ0) is 21.8. The number of fused-ring (bicyclic) bond motifs is 1. The standard InChI is InChI=1S/C24H26N2O5/c1-16-21(17(2)31-25-16)15-28-19-10-8-18(9-11-19)12-24(27)26(3)13-20-14-29-22-6-4-5-7-23(22)30-20/h4-11,20H,12-15H2,1-3H3/t20-/m0/s1. The number of para-hydroxylation sites is 2. The first-order valence-electron chi connectivity index (χ1n) is 10.3. The number of hydrogen-bond acceptors (Lipinski definition) is 6. The van der Waals surface area contributed by atoms with Gasteiger partial charge in [0.05, 0.1) is 24.2 Å². The maximum Gasteiger partial charge on any atom is 0.226 e. The lowest BCUT2D eigenvalue weighted by Crippen LogP contribution is -2.42. The summed E-state index contributed by atoms with van der Waals surface area (Å²) in [5.74, 6) is 2.97. The van der Waals surface area contributed by atoms with Crippen LogP contribution in [-0.4, -0.2) is 42.3 Å². The fraction of sp³-hybridized carbons (Fsp3) is 0.333. The van der Waals surface area contributed by atoms with Gasteiger partial charge in [0.1, 0.15) is 24.7 Å². The monoisotopic (exact) mass is 422 g/mol. The van der Waals surface area contributed by atoms with E-state index >= 15 is 0 Å². The molecule has 0 saturated heterocycles. The van der Waals surface area contributed by atoms with Crippen molar-refractivity contribution in [2.75, 3.05) is 20.2 Å². The zero-order valence-electron chi connectivity index (χ0n) is 18.0. The van der Waals surface area contributed by atoms with Gasteiger partial charge in [-0.05, 0) is 43.7 Å². The molecule has 2 aromatic carbocycles. The summed E-state index contributed by atoms with van der Waals surface area (Å²) in [6, 6.07) is 15.1. The van der Waals surface area contributed by atoms with E-state index in [1.54, 1.807) is 11.9 Å². The summed E-state index contributed by atoms with van der Waals surface area (Å²) in [6.07, 6.45) is 0.120. The van der Waals surface area contributed by atoms with E-state index in [1.807, 2.05) is 62.4 Å². The Morgan fingerprint density at radius 2 is 1.87 bits per heavy atom. The van der Waals surface area contributed by atoms with E-state index < -0.39 is 0 Å². The second-order valence-electron chi connectivity index (χ2n) is 7.68. The van der Waals surface area contributed by atoms with Gasteiger partial charge < -0.3 is 23.6 Å². The Hall–Kier alpha value is -3.48. The second kappa shape index (κ2) is 9.12. The molecule has 0 N–H and O–H groups in total. The molecule has 1 aliphatic rings. The van der Waals surface area contributed by atoms with Crippen LogP contribution in [0.4, 0.5) is 0 Å². The molecular formula is C24H26N2O5. The number of carbonyl (C=O) groups is 1. The Morgan fingerprint density at radius 3 is 2.58 bits per heavy atom. The third-order valence-corrected chi connectivity index (χ3v) is 5.31. The molecular weight excluding hydrogens is 396 g/mol. The predicted octanol–water partition coefficient (Wildman–Crippen LogP) is 3.71. The molecule has 31 heavy (non-hydrogen) atoms. The van der Waals surface area contributed by atoms with Gasteiger partial charge in [-0.15, -0.1) is 0 Å². The molecule has 0 saturated carbocycles. The van der Waals surface area contributed by atoms with Gasteiger partial charge in [-0.25, -0.2) is 0 Å². The number of amides is 1. The van der Waals surface area contributed by atoms with Crippen LogP contribution in [0, 0.1) is 13.8 Å². The topological polar surface area (TPSA) is 74.0 Å². The van der Waals surface area contributed by atoms with Crippen molar-refractivity contribution in [2.45, 2.75) is 33.0 Å². The van der Waals surface area contributed by atoms with E-state index in [9.17, 15) is 4.79 Å². The zero-order valence-corrected chi connectivity index (χ0v) is 18.0. The molecule has 0 bridgehead atoms. The van der Waals surface area contributed by atoms with Crippen molar-refractivity contribution >= 4 is 5.91 Å². The molecule has 0 unspecified atom stereocenters. The molecule has 4 rings (SSSR count). The summed E-state index contributed by atoms with van der Waals surface area (Å²) >= 11 is 0. The maximum absolute atomic E-state index is 12.7. The minimum Gasteiger partial charge on any atom is -0.489 e. The Bertz CT molecular complexity index is 1020. The van der Waals surface area contributed by atoms with E-state index in [2.05, 4.69) is 5.16 Å². The molecule has 1 amide bonds. The van der Waals surface area contributed by atoms with Crippen molar-refractivity contribution in [3.63, 3.8) is 0 Å². The van der Waals surface area contributed by atoms with Crippen LogP contribution in [0.2, 0.25) is 0 Å². The number of benzene rings is 2. The number of aromatic nitrogens is 1. The van der Waals surface area contributed by atoms with E-state index in [0.717, 1.165) is 34.1 Å². The van der Waals surface area contributed by atoms with Gasteiger partial charge in [0, 0.05) is 7.05 Å². The van der Waals surface area contributed by atoms with Crippen LogP contribution in [0.5, 0.6) is 17.2 Å². The minimum absolute atomic E-state index is 0.0202. The highest BCUT2D eigenvalue weighted by Gasteiger charge is 2.23. The van der Waals surface area contributed by atoms with Crippen molar-refractivity contribution in [2.24, 2.45) is 0 Å². The van der Waals surface area contributed by atoms with Gasteiger partial charge in [0.15, 0.2) is 17.6 Å². The number of hydrogen-bond donors (Lipinski definition) is 0. The highest BCUT2D eigenvalue weighted by Crippen LogP contribution is 2.31. The smallest absolute Gasteiger partial charge is 0.226 e. The molecule has 0 spiro atoms.